The van der Waals surface area contributed by atoms with E-state index < -0.39 is 11.6 Å². The summed E-state index contributed by atoms with van der Waals surface area (Å²) in [4.78, 5) is 42.6. The summed E-state index contributed by atoms with van der Waals surface area (Å²) in [6.07, 6.45) is 0.726. The van der Waals surface area contributed by atoms with Crippen LogP contribution in [0.3, 0.4) is 0 Å². The molecule has 3 rings (SSSR count). The third-order valence-electron chi connectivity index (χ3n) is 5.71. The predicted octanol–water partition coefficient (Wildman–Crippen LogP) is 4.62. The molecule has 3 aromatic rings. The van der Waals surface area contributed by atoms with Crippen molar-refractivity contribution in [1.82, 2.24) is 15.5 Å². The second-order valence-electron chi connectivity index (χ2n) is 8.66. The van der Waals surface area contributed by atoms with Crippen LogP contribution >= 0.6 is 22.7 Å². The molecule has 0 saturated carbocycles. The number of ether oxygens (including phenoxy) is 1. The Labute approximate surface area is 214 Å². The Morgan fingerprint density at radius 2 is 1.71 bits per heavy atom. The molecule has 2 heterocycles. The fraction of sp³-hybridized carbons (Fsp3) is 0.346. The van der Waals surface area contributed by atoms with Crippen LogP contribution in [0.5, 0.6) is 5.75 Å². The van der Waals surface area contributed by atoms with Gasteiger partial charge in [0.05, 0.1) is 25.1 Å². The number of nitrogens with one attached hydrogen (secondary N) is 2. The molecule has 0 bridgehead atoms. The van der Waals surface area contributed by atoms with Gasteiger partial charge >= 0.3 is 0 Å². The molecule has 7 nitrogen and oxygen atoms in total. The van der Waals surface area contributed by atoms with Gasteiger partial charge in [-0.1, -0.05) is 31.2 Å². The normalized spacial score (nSPS) is 12.0. The van der Waals surface area contributed by atoms with Crippen molar-refractivity contribution < 1.29 is 19.1 Å². The lowest BCUT2D eigenvalue weighted by molar-refractivity contribution is -0.141. The van der Waals surface area contributed by atoms with E-state index in [1.165, 1.54) is 27.6 Å². The number of thiophene rings is 2. The molecule has 2 N–H and O–H groups in total. The van der Waals surface area contributed by atoms with Crippen molar-refractivity contribution in [3.05, 3.63) is 74.6 Å². The van der Waals surface area contributed by atoms with Crippen LogP contribution in [0.2, 0.25) is 0 Å². The van der Waals surface area contributed by atoms with E-state index in [2.05, 4.69) is 10.6 Å². The van der Waals surface area contributed by atoms with E-state index in [1.54, 1.807) is 48.9 Å². The Morgan fingerprint density at radius 3 is 2.29 bits per heavy atom. The smallest absolute Gasteiger partial charge is 0.261 e. The molecular weight excluding hydrogens is 482 g/mol. The van der Waals surface area contributed by atoms with Crippen LogP contribution in [0.1, 0.15) is 53.3 Å². The summed E-state index contributed by atoms with van der Waals surface area (Å²) in [6, 6.07) is 13.6. The van der Waals surface area contributed by atoms with Crippen LogP contribution < -0.4 is 15.4 Å². The molecule has 0 radical (unpaired) electrons. The SMILES string of the molecule is CCC(C)(C)NC(=O)[C@H](c1ccc(OC)cc1)N(Cc1cccs1)C(=O)CNC(=O)c1cccs1. The van der Waals surface area contributed by atoms with Crippen molar-refractivity contribution in [2.45, 2.75) is 45.3 Å². The van der Waals surface area contributed by atoms with Crippen LogP contribution in [0.25, 0.3) is 0 Å². The minimum absolute atomic E-state index is 0.223. The summed E-state index contributed by atoms with van der Waals surface area (Å²) in [6.45, 7) is 5.91. The highest BCUT2D eigenvalue weighted by molar-refractivity contribution is 7.12. The molecule has 0 aliphatic heterocycles. The molecule has 1 atom stereocenters. The van der Waals surface area contributed by atoms with Crippen molar-refractivity contribution in [3.63, 3.8) is 0 Å². The molecule has 0 spiro atoms. The molecule has 0 fully saturated rings. The molecule has 35 heavy (non-hydrogen) atoms. The fourth-order valence-electron chi connectivity index (χ4n) is 3.40. The minimum Gasteiger partial charge on any atom is -0.497 e. The zero-order valence-corrected chi connectivity index (χ0v) is 22.0. The van der Waals surface area contributed by atoms with Gasteiger partial charge in [0.25, 0.3) is 5.91 Å². The Hall–Kier alpha value is -3.17. The summed E-state index contributed by atoms with van der Waals surface area (Å²) in [5, 5.41) is 9.52. The first-order valence-electron chi connectivity index (χ1n) is 11.3. The van der Waals surface area contributed by atoms with Crippen LogP contribution in [0, 0.1) is 0 Å². The summed E-state index contributed by atoms with van der Waals surface area (Å²) in [5.74, 6) is -0.298. The maximum Gasteiger partial charge on any atom is 0.261 e. The van der Waals surface area contributed by atoms with Gasteiger partial charge in [-0.05, 0) is 60.9 Å². The molecule has 2 aromatic heterocycles. The summed E-state index contributed by atoms with van der Waals surface area (Å²) >= 11 is 2.81. The highest BCUT2D eigenvalue weighted by atomic mass is 32.1. The van der Waals surface area contributed by atoms with Crippen LogP contribution in [-0.2, 0) is 16.1 Å². The summed E-state index contributed by atoms with van der Waals surface area (Å²) in [5.41, 5.74) is 0.206. The fourth-order valence-corrected chi connectivity index (χ4v) is 4.74. The van der Waals surface area contributed by atoms with E-state index in [0.29, 0.717) is 16.2 Å². The summed E-state index contributed by atoms with van der Waals surface area (Å²) < 4.78 is 5.27. The van der Waals surface area contributed by atoms with E-state index in [-0.39, 0.29) is 30.8 Å². The number of benzene rings is 1. The lowest BCUT2D eigenvalue weighted by Crippen LogP contribution is -2.51. The van der Waals surface area contributed by atoms with Crippen molar-refractivity contribution in [3.8, 4) is 5.75 Å². The molecule has 0 aliphatic carbocycles. The molecule has 9 heteroatoms. The Morgan fingerprint density at radius 1 is 1.03 bits per heavy atom. The largest absolute Gasteiger partial charge is 0.497 e. The highest BCUT2D eigenvalue weighted by Crippen LogP contribution is 2.28. The van der Waals surface area contributed by atoms with Gasteiger partial charge in [0.1, 0.15) is 11.8 Å². The second-order valence-corrected chi connectivity index (χ2v) is 10.6. The first-order valence-corrected chi connectivity index (χ1v) is 13.1. The number of nitrogens with zero attached hydrogens (tertiary/aromatic N) is 1. The van der Waals surface area contributed by atoms with Gasteiger partial charge in [-0.15, -0.1) is 22.7 Å². The standard InChI is InChI=1S/C26H31N3O4S2/c1-5-26(2,3)28-25(32)23(18-10-12-19(33-4)13-11-18)29(17-20-8-6-14-34-20)22(30)16-27-24(31)21-9-7-15-35-21/h6-15,23H,5,16-17H2,1-4H3,(H,27,31)(H,28,32)/t23-/m0/s1. The third-order valence-corrected chi connectivity index (χ3v) is 7.44. The molecule has 0 aliphatic rings. The monoisotopic (exact) mass is 513 g/mol. The number of methoxy groups -OCH3 is 1. The molecular formula is C26H31N3O4S2. The Balaban J connectivity index is 1.94. The first kappa shape index (κ1) is 26.4. The number of hydrogen-bond donors (Lipinski definition) is 2. The molecule has 1 aromatic carbocycles. The van der Waals surface area contributed by atoms with E-state index >= 15 is 0 Å². The summed E-state index contributed by atoms with van der Waals surface area (Å²) in [7, 11) is 1.58. The lowest BCUT2D eigenvalue weighted by atomic mass is 9.98. The zero-order chi connectivity index (χ0) is 25.4. The third kappa shape index (κ3) is 7.16. The van der Waals surface area contributed by atoms with Gasteiger partial charge < -0.3 is 20.3 Å². The molecule has 3 amide bonds. The highest BCUT2D eigenvalue weighted by Gasteiger charge is 2.34. The van der Waals surface area contributed by atoms with Gasteiger partial charge in [0.15, 0.2) is 0 Å². The minimum atomic E-state index is -0.889. The number of carbonyl (C=O) groups is 3. The van der Waals surface area contributed by atoms with Crippen LogP contribution in [0.15, 0.2) is 59.3 Å². The Kier molecular flexibility index (Phi) is 9.06. The average molecular weight is 514 g/mol. The number of rotatable bonds is 11. The quantitative estimate of drug-likeness (QED) is 0.392. The molecule has 186 valence electrons. The first-order chi connectivity index (χ1) is 16.7. The van der Waals surface area contributed by atoms with Gasteiger partial charge in [-0.3, -0.25) is 14.4 Å². The zero-order valence-electron chi connectivity index (χ0n) is 20.4. The number of amides is 3. The predicted molar refractivity (Wildman–Crippen MR) is 140 cm³/mol. The van der Waals surface area contributed by atoms with Gasteiger partial charge in [0, 0.05) is 10.4 Å². The van der Waals surface area contributed by atoms with Crippen LogP contribution in [-0.4, -0.2) is 41.8 Å². The van der Waals surface area contributed by atoms with Gasteiger partial charge in [0.2, 0.25) is 11.8 Å². The second kappa shape index (κ2) is 12.0. The molecule has 0 saturated heterocycles. The van der Waals surface area contributed by atoms with E-state index in [0.717, 1.165) is 11.3 Å². The maximum absolute atomic E-state index is 13.7. The number of hydrogen-bond acceptors (Lipinski definition) is 6. The topological polar surface area (TPSA) is 87.7 Å². The van der Waals surface area contributed by atoms with E-state index in [1.807, 2.05) is 38.3 Å². The van der Waals surface area contributed by atoms with Gasteiger partial charge in [-0.25, -0.2) is 0 Å². The molecule has 0 unspecified atom stereocenters. The van der Waals surface area contributed by atoms with Crippen molar-refractivity contribution in [1.29, 1.82) is 0 Å². The Bertz CT molecular complexity index is 1110. The van der Waals surface area contributed by atoms with Crippen molar-refractivity contribution in [2.24, 2.45) is 0 Å². The number of carbonyl (C=O) groups excluding carboxylic acids is 3. The van der Waals surface area contributed by atoms with E-state index in [4.69, 9.17) is 4.74 Å². The lowest BCUT2D eigenvalue weighted by Gasteiger charge is -2.34. The van der Waals surface area contributed by atoms with E-state index in [9.17, 15) is 14.4 Å². The van der Waals surface area contributed by atoms with Crippen LogP contribution in [0.4, 0.5) is 0 Å². The maximum atomic E-state index is 13.7. The van der Waals surface area contributed by atoms with Crippen molar-refractivity contribution in [2.75, 3.05) is 13.7 Å². The van der Waals surface area contributed by atoms with Gasteiger partial charge in [-0.2, -0.15) is 0 Å². The van der Waals surface area contributed by atoms with Crippen molar-refractivity contribution >= 4 is 40.4 Å². The average Bonchev–Trinajstić information content (AvgIpc) is 3.56.